The zero-order valence-electron chi connectivity index (χ0n) is 9.24. The Kier molecular flexibility index (Phi) is 4.39. The van der Waals surface area contributed by atoms with E-state index in [-0.39, 0.29) is 18.6 Å². The lowest BCUT2D eigenvalue weighted by Gasteiger charge is -2.11. The molecule has 0 aromatic heterocycles. The van der Waals surface area contributed by atoms with Crippen molar-refractivity contribution >= 4 is 5.97 Å². The van der Waals surface area contributed by atoms with E-state index < -0.39 is 29.4 Å². The molecule has 0 aliphatic carbocycles. The number of halogens is 2. The molecule has 17 heavy (non-hydrogen) atoms. The highest BCUT2D eigenvalue weighted by Gasteiger charge is 2.19. The fourth-order valence-corrected chi connectivity index (χ4v) is 1.31. The van der Waals surface area contributed by atoms with Crippen LogP contribution in [0, 0.1) is 11.6 Å². The number of carbonyl (C=O) groups is 1. The molecule has 6 heteroatoms. The standard InChI is InChI=1S/C11H13F2NO3/c1-2-17-11(16)8(14)5-6-3-4-7(12)9(13)10(6)15/h3-4,8,15H,2,5,14H2,1H3. The van der Waals surface area contributed by atoms with Gasteiger partial charge >= 0.3 is 5.97 Å². The van der Waals surface area contributed by atoms with Crippen LogP contribution in [-0.2, 0) is 16.0 Å². The second-order valence-corrected chi connectivity index (χ2v) is 3.43. The summed E-state index contributed by atoms with van der Waals surface area (Å²) in [6, 6.07) is 1.01. The third kappa shape index (κ3) is 3.13. The second kappa shape index (κ2) is 5.58. The van der Waals surface area contributed by atoms with Crippen molar-refractivity contribution < 1.29 is 23.4 Å². The van der Waals surface area contributed by atoms with Crippen molar-refractivity contribution in [2.45, 2.75) is 19.4 Å². The number of benzene rings is 1. The maximum Gasteiger partial charge on any atom is 0.323 e. The van der Waals surface area contributed by atoms with E-state index in [0.29, 0.717) is 0 Å². The maximum atomic E-state index is 13.0. The van der Waals surface area contributed by atoms with Crippen molar-refractivity contribution in [3.05, 3.63) is 29.3 Å². The third-order valence-corrected chi connectivity index (χ3v) is 2.18. The van der Waals surface area contributed by atoms with E-state index >= 15 is 0 Å². The molecule has 0 spiro atoms. The van der Waals surface area contributed by atoms with Gasteiger partial charge in [0.1, 0.15) is 6.04 Å². The Hall–Kier alpha value is -1.69. The van der Waals surface area contributed by atoms with E-state index in [2.05, 4.69) is 4.74 Å². The van der Waals surface area contributed by atoms with Gasteiger partial charge in [0.05, 0.1) is 6.61 Å². The summed E-state index contributed by atoms with van der Waals surface area (Å²) >= 11 is 0. The smallest absolute Gasteiger partial charge is 0.323 e. The minimum atomic E-state index is -1.35. The lowest BCUT2D eigenvalue weighted by Crippen LogP contribution is -2.34. The van der Waals surface area contributed by atoms with E-state index in [4.69, 9.17) is 5.73 Å². The molecule has 1 aromatic rings. The van der Waals surface area contributed by atoms with Gasteiger partial charge in [-0.25, -0.2) is 4.39 Å². The Morgan fingerprint density at radius 1 is 1.53 bits per heavy atom. The Morgan fingerprint density at radius 2 is 2.18 bits per heavy atom. The Morgan fingerprint density at radius 3 is 2.76 bits per heavy atom. The molecule has 0 bridgehead atoms. The van der Waals surface area contributed by atoms with E-state index in [1.807, 2.05) is 0 Å². The van der Waals surface area contributed by atoms with Gasteiger partial charge in [0.15, 0.2) is 11.6 Å². The van der Waals surface area contributed by atoms with Crippen molar-refractivity contribution in [2.75, 3.05) is 6.61 Å². The van der Waals surface area contributed by atoms with Gasteiger partial charge in [0, 0.05) is 6.42 Å². The number of aromatic hydroxyl groups is 1. The summed E-state index contributed by atoms with van der Waals surface area (Å²) < 4.78 is 30.4. The maximum absolute atomic E-state index is 13.0. The first-order valence-electron chi connectivity index (χ1n) is 5.05. The minimum Gasteiger partial charge on any atom is -0.505 e. The van der Waals surface area contributed by atoms with Gasteiger partial charge in [-0.05, 0) is 18.6 Å². The van der Waals surface area contributed by atoms with Crippen LogP contribution in [0.3, 0.4) is 0 Å². The number of carbonyl (C=O) groups excluding carboxylic acids is 1. The number of ether oxygens (including phenoxy) is 1. The molecule has 0 amide bonds. The van der Waals surface area contributed by atoms with Crippen LogP contribution < -0.4 is 5.73 Å². The molecule has 1 rings (SSSR count). The van der Waals surface area contributed by atoms with Crippen molar-refractivity contribution in [1.82, 2.24) is 0 Å². The average molecular weight is 245 g/mol. The highest BCUT2D eigenvalue weighted by Crippen LogP contribution is 2.24. The summed E-state index contributed by atoms with van der Waals surface area (Å²) in [5, 5.41) is 9.32. The highest BCUT2D eigenvalue weighted by molar-refractivity contribution is 5.76. The molecular weight excluding hydrogens is 232 g/mol. The van der Waals surface area contributed by atoms with Crippen LogP contribution in [0.1, 0.15) is 12.5 Å². The summed E-state index contributed by atoms with van der Waals surface area (Å²) in [6.07, 6.45) is -0.123. The number of phenolic OH excluding ortho intramolecular Hbond substituents is 1. The predicted molar refractivity (Wildman–Crippen MR) is 56.3 cm³/mol. The van der Waals surface area contributed by atoms with E-state index in [9.17, 15) is 18.7 Å². The molecular formula is C11H13F2NO3. The number of phenols is 1. The van der Waals surface area contributed by atoms with Crippen molar-refractivity contribution in [3.63, 3.8) is 0 Å². The second-order valence-electron chi connectivity index (χ2n) is 3.43. The number of rotatable bonds is 4. The zero-order valence-corrected chi connectivity index (χ0v) is 9.24. The first kappa shape index (κ1) is 13.4. The van der Waals surface area contributed by atoms with Gasteiger partial charge in [-0.1, -0.05) is 6.07 Å². The van der Waals surface area contributed by atoms with Crippen LogP contribution >= 0.6 is 0 Å². The molecule has 0 heterocycles. The summed E-state index contributed by atoms with van der Waals surface area (Å²) in [7, 11) is 0. The monoisotopic (exact) mass is 245 g/mol. The molecule has 0 saturated heterocycles. The summed E-state index contributed by atoms with van der Waals surface area (Å²) in [4.78, 5) is 11.2. The fourth-order valence-electron chi connectivity index (χ4n) is 1.31. The first-order valence-corrected chi connectivity index (χ1v) is 5.05. The van der Waals surface area contributed by atoms with E-state index in [1.165, 1.54) is 6.07 Å². The molecule has 0 radical (unpaired) electrons. The third-order valence-electron chi connectivity index (χ3n) is 2.18. The Balaban J connectivity index is 2.82. The Bertz CT molecular complexity index is 423. The normalized spacial score (nSPS) is 12.2. The molecule has 94 valence electrons. The lowest BCUT2D eigenvalue weighted by molar-refractivity contribution is -0.144. The summed E-state index contributed by atoms with van der Waals surface area (Å²) in [6.45, 7) is 1.80. The minimum absolute atomic E-state index is 0.0597. The molecule has 0 fully saturated rings. The van der Waals surface area contributed by atoms with Gasteiger partial charge in [-0.3, -0.25) is 4.79 Å². The van der Waals surface area contributed by atoms with Gasteiger partial charge in [0.2, 0.25) is 5.82 Å². The molecule has 4 nitrogen and oxygen atoms in total. The number of hydrogen-bond donors (Lipinski definition) is 2. The van der Waals surface area contributed by atoms with Crippen molar-refractivity contribution in [3.8, 4) is 5.75 Å². The largest absolute Gasteiger partial charge is 0.505 e. The highest BCUT2D eigenvalue weighted by atomic mass is 19.2. The Labute approximate surface area is 97.0 Å². The quantitative estimate of drug-likeness (QED) is 0.779. The van der Waals surface area contributed by atoms with Crippen LogP contribution in [-0.4, -0.2) is 23.7 Å². The average Bonchev–Trinajstić information content (AvgIpc) is 2.30. The van der Waals surface area contributed by atoms with Crippen LogP contribution in [0.25, 0.3) is 0 Å². The van der Waals surface area contributed by atoms with Crippen molar-refractivity contribution in [2.24, 2.45) is 5.73 Å². The molecule has 0 saturated carbocycles. The molecule has 0 aliphatic rings. The lowest BCUT2D eigenvalue weighted by atomic mass is 10.1. The predicted octanol–water partition coefficient (Wildman–Crippen LogP) is 1.10. The van der Waals surface area contributed by atoms with E-state index in [0.717, 1.165) is 6.07 Å². The van der Waals surface area contributed by atoms with Crippen molar-refractivity contribution in [1.29, 1.82) is 0 Å². The van der Waals surface area contributed by atoms with E-state index in [1.54, 1.807) is 6.92 Å². The van der Waals surface area contributed by atoms with Crippen LogP contribution in [0.5, 0.6) is 5.75 Å². The van der Waals surface area contributed by atoms with Gasteiger partial charge in [0.25, 0.3) is 0 Å². The summed E-state index contributed by atoms with van der Waals surface area (Å²) in [5.74, 6) is -3.99. The van der Waals surface area contributed by atoms with Gasteiger partial charge < -0.3 is 15.6 Å². The zero-order chi connectivity index (χ0) is 13.0. The molecule has 1 aromatic carbocycles. The topological polar surface area (TPSA) is 72.5 Å². The van der Waals surface area contributed by atoms with Crippen LogP contribution in [0.2, 0.25) is 0 Å². The summed E-state index contributed by atoms with van der Waals surface area (Å²) in [5.41, 5.74) is 5.55. The van der Waals surface area contributed by atoms with Crippen LogP contribution in [0.15, 0.2) is 12.1 Å². The molecule has 0 aliphatic heterocycles. The van der Waals surface area contributed by atoms with Gasteiger partial charge in [-0.2, -0.15) is 4.39 Å². The number of esters is 1. The van der Waals surface area contributed by atoms with Crippen LogP contribution in [0.4, 0.5) is 8.78 Å². The molecule has 1 atom stereocenters. The molecule has 3 N–H and O–H groups in total. The van der Waals surface area contributed by atoms with Gasteiger partial charge in [-0.15, -0.1) is 0 Å². The fraction of sp³-hybridized carbons (Fsp3) is 0.364. The molecule has 1 unspecified atom stereocenters. The SMILES string of the molecule is CCOC(=O)C(N)Cc1ccc(F)c(F)c1O. The first-order chi connectivity index (χ1) is 7.97. The number of hydrogen-bond acceptors (Lipinski definition) is 4. The number of nitrogens with two attached hydrogens (primary N) is 1.